The van der Waals surface area contributed by atoms with Gasteiger partial charge in [0.05, 0.1) is 18.8 Å². The molecule has 1 aliphatic rings. The molecule has 4 nitrogen and oxygen atoms in total. The summed E-state index contributed by atoms with van der Waals surface area (Å²) in [7, 11) is 1.61. The number of hydrogen-bond acceptors (Lipinski definition) is 3. The van der Waals surface area contributed by atoms with Crippen molar-refractivity contribution in [3.05, 3.63) is 23.8 Å². The molecule has 1 saturated heterocycles. The van der Waals surface area contributed by atoms with Crippen molar-refractivity contribution in [1.82, 2.24) is 5.32 Å². The second-order valence-corrected chi connectivity index (χ2v) is 4.34. The van der Waals surface area contributed by atoms with Gasteiger partial charge in [-0.3, -0.25) is 4.79 Å². The summed E-state index contributed by atoms with van der Waals surface area (Å²) in [4.78, 5) is 11.9. The van der Waals surface area contributed by atoms with Crippen LogP contribution in [0.3, 0.4) is 0 Å². The Hall–Kier alpha value is -1.55. The maximum absolute atomic E-state index is 11.9. The van der Waals surface area contributed by atoms with Crippen LogP contribution < -0.4 is 15.4 Å². The minimum atomic E-state index is -0.0685. The Morgan fingerprint density at radius 1 is 1.53 bits per heavy atom. The van der Waals surface area contributed by atoms with Crippen molar-refractivity contribution in [3.63, 3.8) is 0 Å². The van der Waals surface area contributed by atoms with Crippen molar-refractivity contribution >= 4 is 11.6 Å². The molecule has 2 rings (SSSR count). The lowest BCUT2D eigenvalue weighted by molar-refractivity contribution is -0.117. The molecule has 0 spiro atoms. The van der Waals surface area contributed by atoms with E-state index in [1.54, 1.807) is 7.11 Å². The zero-order valence-corrected chi connectivity index (χ0v) is 10.2. The fourth-order valence-corrected chi connectivity index (χ4v) is 2.03. The number of amides is 1. The highest BCUT2D eigenvalue weighted by Gasteiger charge is 2.22. The Morgan fingerprint density at radius 2 is 2.35 bits per heavy atom. The van der Waals surface area contributed by atoms with E-state index in [1.165, 1.54) is 0 Å². The molecular weight excluding hydrogens is 216 g/mol. The number of nitrogens with one attached hydrogen (secondary N) is 2. The van der Waals surface area contributed by atoms with Gasteiger partial charge in [0.1, 0.15) is 5.75 Å². The van der Waals surface area contributed by atoms with Gasteiger partial charge in [-0.15, -0.1) is 0 Å². The third kappa shape index (κ3) is 2.77. The van der Waals surface area contributed by atoms with Crippen molar-refractivity contribution in [2.45, 2.75) is 25.8 Å². The highest BCUT2D eigenvalue weighted by Crippen LogP contribution is 2.25. The van der Waals surface area contributed by atoms with Gasteiger partial charge in [-0.05, 0) is 44.0 Å². The molecule has 17 heavy (non-hydrogen) atoms. The van der Waals surface area contributed by atoms with Gasteiger partial charge < -0.3 is 15.4 Å². The van der Waals surface area contributed by atoms with Crippen LogP contribution in [-0.2, 0) is 4.79 Å². The maximum Gasteiger partial charge on any atom is 0.241 e. The van der Waals surface area contributed by atoms with E-state index in [0.29, 0.717) is 5.75 Å². The van der Waals surface area contributed by atoms with Crippen LogP contribution >= 0.6 is 0 Å². The monoisotopic (exact) mass is 234 g/mol. The first kappa shape index (κ1) is 11.9. The minimum Gasteiger partial charge on any atom is -0.495 e. The number of methoxy groups -OCH3 is 1. The second kappa shape index (κ2) is 5.19. The Kier molecular flexibility index (Phi) is 3.64. The number of aryl methyl sites for hydroxylation is 1. The van der Waals surface area contributed by atoms with Gasteiger partial charge in [0.25, 0.3) is 0 Å². The maximum atomic E-state index is 11.9. The number of hydrogen-bond donors (Lipinski definition) is 2. The molecular formula is C13H18N2O2. The molecule has 1 unspecified atom stereocenters. The topological polar surface area (TPSA) is 50.4 Å². The van der Waals surface area contributed by atoms with E-state index in [0.717, 1.165) is 30.6 Å². The first-order valence-corrected chi connectivity index (χ1v) is 5.89. The summed E-state index contributed by atoms with van der Waals surface area (Å²) in [6.45, 7) is 2.91. The Balaban J connectivity index is 2.09. The van der Waals surface area contributed by atoms with Crippen LogP contribution in [0.2, 0.25) is 0 Å². The molecule has 1 aliphatic heterocycles. The van der Waals surface area contributed by atoms with Crippen LogP contribution in [-0.4, -0.2) is 25.6 Å². The molecule has 1 amide bonds. The van der Waals surface area contributed by atoms with E-state index in [4.69, 9.17) is 4.74 Å². The van der Waals surface area contributed by atoms with Gasteiger partial charge in [0.2, 0.25) is 5.91 Å². The number of rotatable bonds is 3. The van der Waals surface area contributed by atoms with Crippen molar-refractivity contribution in [2.75, 3.05) is 19.0 Å². The van der Waals surface area contributed by atoms with Gasteiger partial charge in [-0.25, -0.2) is 0 Å². The molecule has 0 radical (unpaired) electrons. The molecule has 0 bridgehead atoms. The number of carbonyl (C=O) groups is 1. The van der Waals surface area contributed by atoms with Crippen LogP contribution in [0.1, 0.15) is 18.4 Å². The summed E-state index contributed by atoms with van der Waals surface area (Å²) < 4.78 is 5.25. The van der Waals surface area contributed by atoms with Crippen molar-refractivity contribution in [2.24, 2.45) is 0 Å². The third-order valence-corrected chi connectivity index (χ3v) is 2.99. The largest absolute Gasteiger partial charge is 0.495 e. The molecule has 1 atom stereocenters. The zero-order valence-electron chi connectivity index (χ0n) is 10.2. The highest BCUT2D eigenvalue weighted by atomic mass is 16.5. The predicted molar refractivity (Wildman–Crippen MR) is 67.4 cm³/mol. The van der Waals surface area contributed by atoms with Crippen molar-refractivity contribution in [3.8, 4) is 5.75 Å². The normalized spacial score (nSPS) is 19.1. The molecule has 92 valence electrons. The van der Waals surface area contributed by atoms with E-state index in [1.807, 2.05) is 25.1 Å². The molecule has 1 aromatic rings. The smallest absolute Gasteiger partial charge is 0.241 e. The quantitative estimate of drug-likeness (QED) is 0.837. The first-order chi connectivity index (χ1) is 8.20. The van der Waals surface area contributed by atoms with E-state index in [9.17, 15) is 4.79 Å². The van der Waals surface area contributed by atoms with E-state index in [2.05, 4.69) is 10.6 Å². The zero-order chi connectivity index (χ0) is 12.3. The van der Waals surface area contributed by atoms with Gasteiger partial charge in [0, 0.05) is 0 Å². The summed E-state index contributed by atoms with van der Waals surface area (Å²) in [5.74, 6) is 0.723. The standard InChI is InChI=1S/C13H18N2O2/c1-9-5-6-10(12(8-9)17-2)15-13(16)11-4-3-7-14-11/h5-6,8,11,14H,3-4,7H2,1-2H3,(H,15,16). The SMILES string of the molecule is COc1cc(C)ccc1NC(=O)C1CCCN1. The third-order valence-electron chi connectivity index (χ3n) is 2.99. The van der Waals surface area contributed by atoms with Crippen LogP contribution in [0.4, 0.5) is 5.69 Å². The minimum absolute atomic E-state index is 0.0182. The van der Waals surface area contributed by atoms with Crippen molar-refractivity contribution < 1.29 is 9.53 Å². The Labute approximate surface area is 101 Å². The van der Waals surface area contributed by atoms with E-state index < -0.39 is 0 Å². The fraction of sp³-hybridized carbons (Fsp3) is 0.462. The second-order valence-electron chi connectivity index (χ2n) is 4.34. The number of ether oxygens (including phenoxy) is 1. The van der Waals surface area contributed by atoms with Gasteiger partial charge >= 0.3 is 0 Å². The Morgan fingerprint density at radius 3 is 3.00 bits per heavy atom. The molecule has 1 aromatic carbocycles. The molecule has 4 heteroatoms. The van der Waals surface area contributed by atoms with Gasteiger partial charge in [-0.1, -0.05) is 6.07 Å². The summed E-state index contributed by atoms with van der Waals surface area (Å²) >= 11 is 0. The highest BCUT2D eigenvalue weighted by molar-refractivity contribution is 5.96. The molecule has 0 aliphatic carbocycles. The van der Waals surface area contributed by atoms with Crippen LogP contribution in [0.5, 0.6) is 5.75 Å². The summed E-state index contributed by atoms with van der Waals surface area (Å²) in [5, 5.41) is 6.08. The lowest BCUT2D eigenvalue weighted by Crippen LogP contribution is -2.35. The summed E-state index contributed by atoms with van der Waals surface area (Å²) in [6, 6.07) is 5.68. The Bertz CT molecular complexity index is 412. The predicted octanol–water partition coefficient (Wildman–Crippen LogP) is 1.69. The average molecular weight is 234 g/mol. The van der Waals surface area contributed by atoms with Gasteiger partial charge in [0.15, 0.2) is 0 Å². The van der Waals surface area contributed by atoms with Gasteiger partial charge in [-0.2, -0.15) is 0 Å². The number of anilines is 1. The first-order valence-electron chi connectivity index (χ1n) is 5.89. The van der Waals surface area contributed by atoms with Crippen molar-refractivity contribution in [1.29, 1.82) is 0 Å². The average Bonchev–Trinajstić information content (AvgIpc) is 2.85. The number of carbonyl (C=O) groups excluding carboxylic acids is 1. The molecule has 2 N–H and O–H groups in total. The lowest BCUT2D eigenvalue weighted by atomic mass is 10.2. The molecule has 0 saturated carbocycles. The molecule has 1 heterocycles. The van der Waals surface area contributed by atoms with Crippen LogP contribution in [0.25, 0.3) is 0 Å². The fourth-order valence-electron chi connectivity index (χ4n) is 2.03. The molecule has 1 fully saturated rings. The number of benzene rings is 1. The molecule has 0 aromatic heterocycles. The summed E-state index contributed by atoms with van der Waals surface area (Å²) in [6.07, 6.45) is 1.96. The van der Waals surface area contributed by atoms with Crippen LogP contribution in [0.15, 0.2) is 18.2 Å². The lowest BCUT2D eigenvalue weighted by Gasteiger charge is -2.14. The van der Waals surface area contributed by atoms with Crippen LogP contribution in [0, 0.1) is 6.92 Å². The van der Waals surface area contributed by atoms with E-state index >= 15 is 0 Å². The van der Waals surface area contributed by atoms with E-state index in [-0.39, 0.29) is 11.9 Å². The summed E-state index contributed by atoms with van der Waals surface area (Å²) in [5.41, 5.74) is 1.84.